The maximum absolute atomic E-state index is 13.1. The lowest BCUT2D eigenvalue weighted by atomic mass is 9.75. The van der Waals surface area contributed by atoms with Crippen molar-refractivity contribution in [1.82, 2.24) is 5.32 Å². The molecule has 2 unspecified atom stereocenters. The Labute approximate surface area is 129 Å². The molecule has 0 amide bonds. The van der Waals surface area contributed by atoms with Gasteiger partial charge in [-0.1, -0.05) is 19.9 Å². The zero-order valence-corrected chi connectivity index (χ0v) is 14.5. The van der Waals surface area contributed by atoms with Gasteiger partial charge in [0.15, 0.2) is 9.84 Å². The lowest BCUT2D eigenvalue weighted by Crippen LogP contribution is -2.48. The van der Waals surface area contributed by atoms with E-state index in [4.69, 9.17) is 0 Å². The zero-order valence-electron chi connectivity index (χ0n) is 13.7. The van der Waals surface area contributed by atoms with Crippen molar-refractivity contribution < 1.29 is 8.42 Å². The Kier molecular flexibility index (Phi) is 4.50. The highest BCUT2D eigenvalue weighted by molar-refractivity contribution is 7.92. The van der Waals surface area contributed by atoms with Crippen LogP contribution in [-0.2, 0) is 9.84 Å². The molecule has 1 fully saturated rings. The van der Waals surface area contributed by atoms with Gasteiger partial charge in [0.25, 0.3) is 0 Å². The minimum Gasteiger partial charge on any atom is -0.316 e. The van der Waals surface area contributed by atoms with Gasteiger partial charge in [0.1, 0.15) is 0 Å². The molecule has 0 radical (unpaired) electrons. The number of nitrogens with one attached hydrogen (secondary N) is 1. The van der Waals surface area contributed by atoms with Crippen LogP contribution in [0.2, 0.25) is 0 Å². The van der Waals surface area contributed by atoms with E-state index in [9.17, 15) is 8.42 Å². The summed E-state index contributed by atoms with van der Waals surface area (Å²) in [5.41, 5.74) is 2.25. The van der Waals surface area contributed by atoms with E-state index in [0.717, 1.165) is 24.0 Å². The van der Waals surface area contributed by atoms with Crippen molar-refractivity contribution in [3.8, 4) is 0 Å². The third-order valence-electron chi connectivity index (χ3n) is 4.91. The SMILES string of the molecule is CNC1CCC(C)(C)CC1S(=O)(=O)c1ccc(C)c(C)c1. The number of aryl methyl sites for hydroxylation is 2. The fraction of sp³-hybridized carbons (Fsp3) is 0.647. The van der Waals surface area contributed by atoms with Crippen molar-refractivity contribution >= 4 is 9.84 Å². The predicted octanol–water partition coefficient (Wildman–Crippen LogP) is 3.24. The lowest BCUT2D eigenvalue weighted by Gasteiger charge is -2.40. The van der Waals surface area contributed by atoms with Crippen LogP contribution in [0.25, 0.3) is 0 Å². The van der Waals surface area contributed by atoms with E-state index in [1.165, 1.54) is 0 Å². The monoisotopic (exact) mass is 309 g/mol. The van der Waals surface area contributed by atoms with E-state index in [1.807, 2.05) is 33.0 Å². The molecule has 1 N–H and O–H groups in total. The molecular formula is C17H27NO2S. The Balaban J connectivity index is 2.42. The summed E-state index contributed by atoms with van der Waals surface area (Å²) >= 11 is 0. The van der Waals surface area contributed by atoms with Gasteiger partial charge in [-0.05, 0) is 68.8 Å². The Hall–Kier alpha value is -0.870. The molecule has 1 aliphatic carbocycles. The van der Waals surface area contributed by atoms with E-state index in [-0.39, 0.29) is 16.7 Å². The van der Waals surface area contributed by atoms with Gasteiger partial charge >= 0.3 is 0 Å². The third kappa shape index (κ3) is 3.32. The molecule has 118 valence electrons. The maximum atomic E-state index is 13.1. The summed E-state index contributed by atoms with van der Waals surface area (Å²) in [4.78, 5) is 0.466. The Bertz CT molecular complexity index is 620. The number of hydrogen-bond donors (Lipinski definition) is 1. The maximum Gasteiger partial charge on any atom is 0.182 e. The normalized spacial score (nSPS) is 25.8. The first-order valence-corrected chi connectivity index (χ1v) is 9.20. The Morgan fingerprint density at radius 2 is 1.86 bits per heavy atom. The van der Waals surface area contributed by atoms with Crippen LogP contribution in [0.4, 0.5) is 0 Å². The molecule has 0 heterocycles. The average Bonchev–Trinajstić information content (AvgIpc) is 2.41. The molecule has 0 spiro atoms. The van der Waals surface area contributed by atoms with E-state index >= 15 is 0 Å². The second kappa shape index (κ2) is 5.73. The lowest BCUT2D eigenvalue weighted by molar-refractivity contribution is 0.213. The topological polar surface area (TPSA) is 46.2 Å². The molecule has 0 bridgehead atoms. The van der Waals surface area contributed by atoms with Crippen molar-refractivity contribution in [1.29, 1.82) is 0 Å². The van der Waals surface area contributed by atoms with Gasteiger partial charge in [-0.2, -0.15) is 0 Å². The van der Waals surface area contributed by atoms with Crippen LogP contribution >= 0.6 is 0 Å². The quantitative estimate of drug-likeness (QED) is 0.932. The first-order chi connectivity index (χ1) is 9.67. The summed E-state index contributed by atoms with van der Waals surface area (Å²) in [7, 11) is -1.43. The van der Waals surface area contributed by atoms with Crippen molar-refractivity contribution in [3.05, 3.63) is 29.3 Å². The van der Waals surface area contributed by atoms with E-state index in [1.54, 1.807) is 6.07 Å². The first kappa shape index (κ1) is 16.5. The minimum absolute atomic E-state index is 0.0460. The highest BCUT2D eigenvalue weighted by Crippen LogP contribution is 2.40. The van der Waals surface area contributed by atoms with Crippen molar-refractivity contribution in [2.24, 2.45) is 5.41 Å². The molecule has 1 saturated carbocycles. The van der Waals surface area contributed by atoms with Crippen LogP contribution in [0.5, 0.6) is 0 Å². The highest BCUT2D eigenvalue weighted by Gasteiger charge is 2.42. The minimum atomic E-state index is -3.30. The van der Waals surface area contributed by atoms with Crippen LogP contribution in [0.15, 0.2) is 23.1 Å². The zero-order chi connectivity index (χ0) is 15.8. The second-order valence-electron chi connectivity index (χ2n) is 7.13. The van der Waals surface area contributed by atoms with Crippen LogP contribution in [0, 0.1) is 19.3 Å². The molecule has 21 heavy (non-hydrogen) atoms. The molecule has 1 aromatic carbocycles. The summed E-state index contributed by atoms with van der Waals surface area (Å²) in [5, 5.41) is 2.87. The number of sulfone groups is 1. The summed E-state index contributed by atoms with van der Waals surface area (Å²) in [6.07, 6.45) is 2.70. The van der Waals surface area contributed by atoms with Crippen molar-refractivity contribution in [3.63, 3.8) is 0 Å². The molecule has 0 aromatic heterocycles. The third-order valence-corrected chi connectivity index (χ3v) is 7.11. The van der Waals surface area contributed by atoms with Gasteiger partial charge in [-0.3, -0.25) is 0 Å². The molecule has 1 aliphatic rings. The van der Waals surface area contributed by atoms with Gasteiger partial charge in [0, 0.05) is 6.04 Å². The van der Waals surface area contributed by atoms with Crippen LogP contribution in [0.1, 0.15) is 44.2 Å². The van der Waals surface area contributed by atoms with Crippen LogP contribution in [0.3, 0.4) is 0 Å². The molecule has 4 heteroatoms. The van der Waals surface area contributed by atoms with Crippen LogP contribution in [-0.4, -0.2) is 26.8 Å². The fourth-order valence-electron chi connectivity index (χ4n) is 3.24. The first-order valence-electron chi connectivity index (χ1n) is 7.66. The van der Waals surface area contributed by atoms with E-state index in [2.05, 4.69) is 19.2 Å². The summed E-state index contributed by atoms with van der Waals surface area (Å²) in [6, 6.07) is 5.53. The fourth-order valence-corrected chi connectivity index (χ4v) is 5.57. The smallest absolute Gasteiger partial charge is 0.182 e. The molecule has 1 aromatic rings. The van der Waals surface area contributed by atoms with E-state index < -0.39 is 9.84 Å². The Morgan fingerprint density at radius 3 is 2.43 bits per heavy atom. The molecule has 0 saturated heterocycles. The highest BCUT2D eigenvalue weighted by atomic mass is 32.2. The molecule has 0 aliphatic heterocycles. The van der Waals surface area contributed by atoms with Gasteiger partial charge in [-0.25, -0.2) is 8.42 Å². The second-order valence-corrected chi connectivity index (χ2v) is 9.30. The number of hydrogen-bond acceptors (Lipinski definition) is 3. The average molecular weight is 309 g/mol. The van der Waals surface area contributed by atoms with Gasteiger partial charge in [0.2, 0.25) is 0 Å². The number of benzene rings is 1. The van der Waals surface area contributed by atoms with Gasteiger partial charge < -0.3 is 5.32 Å². The van der Waals surface area contributed by atoms with Crippen molar-refractivity contribution in [2.45, 2.75) is 63.1 Å². The number of rotatable bonds is 3. The summed E-state index contributed by atoms with van der Waals surface area (Å²) < 4.78 is 26.1. The van der Waals surface area contributed by atoms with E-state index in [0.29, 0.717) is 11.3 Å². The van der Waals surface area contributed by atoms with Crippen molar-refractivity contribution in [2.75, 3.05) is 7.05 Å². The predicted molar refractivity (Wildman–Crippen MR) is 87.4 cm³/mol. The summed E-state index contributed by atoms with van der Waals surface area (Å²) in [6.45, 7) is 8.31. The molecule has 3 nitrogen and oxygen atoms in total. The van der Waals surface area contributed by atoms with Crippen LogP contribution < -0.4 is 5.32 Å². The molecular weight excluding hydrogens is 282 g/mol. The Morgan fingerprint density at radius 1 is 1.19 bits per heavy atom. The molecule has 2 rings (SSSR count). The summed E-state index contributed by atoms with van der Waals surface area (Å²) in [5.74, 6) is 0. The molecule has 2 atom stereocenters. The van der Waals surface area contributed by atoms with Gasteiger partial charge in [-0.15, -0.1) is 0 Å². The largest absolute Gasteiger partial charge is 0.316 e. The van der Waals surface area contributed by atoms with Gasteiger partial charge in [0.05, 0.1) is 10.1 Å². The standard InChI is InChI=1S/C17H27NO2S/c1-12-6-7-14(10-13(12)2)21(19,20)16-11-17(3,4)9-8-15(16)18-5/h6-7,10,15-16,18H,8-9,11H2,1-5H3.